The standard InChI is InChI=1S/C23H22N4O3S/c1-14(28)26-11-16-4-5-17(12-26)27(16)10-15-13-29-20-9-18(6-7-19(15)20)30-23-25-22-21(31-23)3-2-8-24-22/h2-3,6-9,13,16-17H,4-5,10-12H2,1H3/t16-,17+. The van der Waals surface area contributed by atoms with E-state index in [1.807, 2.05) is 35.4 Å². The number of piperazine rings is 1. The average Bonchev–Trinajstić information content (AvgIpc) is 3.41. The lowest BCUT2D eigenvalue weighted by molar-refractivity contribution is -0.132. The van der Waals surface area contributed by atoms with Gasteiger partial charge in [0.1, 0.15) is 11.3 Å². The number of aromatic nitrogens is 2. The molecule has 0 aliphatic carbocycles. The third-order valence-corrected chi connectivity index (χ3v) is 7.30. The van der Waals surface area contributed by atoms with Gasteiger partial charge in [0.05, 0.1) is 11.0 Å². The Labute approximate surface area is 183 Å². The van der Waals surface area contributed by atoms with Crippen molar-refractivity contribution in [2.45, 2.75) is 38.4 Å². The van der Waals surface area contributed by atoms with Gasteiger partial charge in [-0.3, -0.25) is 9.69 Å². The Hall–Kier alpha value is -2.97. The SMILES string of the molecule is CC(=O)N1C[C@H]2CC[C@@H](C1)N2Cc1coc2cc(Oc3nc4ncccc4s3)ccc12. The summed E-state index contributed by atoms with van der Waals surface area (Å²) in [5.74, 6) is 0.879. The number of fused-ring (bicyclic) bond motifs is 4. The van der Waals surface area contributed by atoms with E-state index in [4.69, 9.17) is 9.15 Å². The predicted octanol–water partition coefficient (Wildman–Crippen LogP) is 4.42. The molecule has 1 aromatic carbocycles. The highest BCUT2D eigenvalue weighted by Gasteiger charge is 2.40. The molecule has 158 valence electrons. The van der Waals surface area contributed by atoms with Gasteiger partial charge >= 0.3 is 0 Å². The van der Waals surface area contributed by atoms with Gasteiger partial charge in [0, 0.05) is 61.9 Å². The van der Waals surface area contributed by atoms with Gasteiger partial charge in [0.25, 0.3) is 5.19 Å². The van der Waals surface area contributed by atoms with Crippen molar-refractivity contribution in [3.63, 3.8) is 0 Å². The molecular formula is C23H22N4O3S. The summed E-state index contributed by atoms with van der Waals surface area (Å²) in [7, 11) is 0. The molecule has 2 aliphatic rings. The molecule has 3 aromatic heterocycles. The van der Waals surface area contributed by atoms with E-state index in [2.05, 4.69) is 20.9 Å². The Morgan fingerprint density at radius 1 is 1.26 bits per heavy atom. The zero-order valence-electron chi connectivity index (χ0n) is 17.2. The summed E-state index contributed by atoms with van der Waals surface area (Å²) in [5, 5.41) is 1.67. The Morgan fingerprint density at radius 3 is 2.87 bits per heavy atom. The first-order valence-electron chi connectivity index (χ1n) is 10.5. The molecule has 0 unspecified atom stereocenters. The van der Waals surface area contributed by atoms with Gasteiger partial charge in [-0.25, -0.2) is 4.98 Å². The van der Waals surface area contributed by atoms with Crippen LogP contribution in [0.1, 0.15) is 25.3 Å². The van der Waals surface area contributed by atoms with Crippen LogP contribution in [0.5, 0.6) is 10.9 Å². The minimum atomic E-state index is 0.182. The van der Waals surface area contributed by atoms with E-state index in [0.717, 1.165) is 48.1 Å². The highest BCUT2D eigenvalue weighted by molar-refractivity contribution is 7.20. The first-order valence-corrected chi connectivity index (χ1v) is 11.4. The molecule has 0 spiro atoms. The molecule has 2 atom stereocenters. The molecule has 1 amide bonds. The highest BCUT2D eigenvalue weighted by atomic mass is 32.1. The number of thiazole rings is 1. The normalized spacial score (nSPS) is 21.3. The number of furan rings is 1. The number of pyridine rings is 1. The molecule has 0 saturated carbocycles. The van der Waals surface area contributed by atoms with Crippen molar-refractivity contribution in [2.75, 3.05) is 13.1 Å². The number of benzene rings is 1. The van der Waals surface area contributed by atoms with Crippen LogP contribution in [0.15, 0.2) is 47.2 Å². The van der Waals surface area contributed by atoms with Crippen molar-refractivity contribution < 1.29 is 13.9 Å². The number of likely N-dealkylation sites (tertiary alicyclic amines) is 1. The van der Waals surface area contributed by atoms with Crippen molar-refractivity contribution in [3.8, 4) is 10.9 Å². The number of carbonyl (C=O) groups excluding carboxylic acids is 1. The van der Waals surface area contributed by atoms with Crippen molar-refractivity contribution in [1.29, 1.82) is 0 Å². The fourth-order valence-corrected chi connectivity index (χ4v) is 5.64. The van der Waals surface area contributed by atoms with E-state index in [9.17, 15) is 4.79 Å². The van der Waals surface area contributed by atoms with E-state index in [0.29, 0.717) is 28.7 Å². The summed E-state index contributed by atoms with van der Waals surface area (Å²) in [6.45, 7) is 4.17. The van der Waals surface area contributed by atoms with E-state index >= 15 is 0 Å². The third kappa shape index (κ3) is 3.36. The molecule has 5 heterocycles. The van der Waals surface area contributed by atoms with Crippen molar-refractivity contribution >= 4 is 38.6 Å². The smallest absolute Gasteiger partial charge is 0.281 e. The summed E-state index contributed by atoms with van der Waals surface area (Å²) < 4.78 is 12.8. The zero-order valence-corrected chi connectivity index (χ0v) is 18.0. The molecule has 4 aromatic rings. The molecule has 0 radical (unpaired) electrons. The monoisotopic (exact) mass is 434 g/mol. The quantitative estimate of drug-likeness (QED) is 0.473. The Bertz CT molecular complexity index is 1240. The number of carbonyl (C=O) groups is 1. The summed E-state index contributed by atoms with van der Waals surface area (Å²) in [6.07, 6.45) is 5.89. The summed E-state index contributed by atoms with van der Waals surface area (Å²) in [5.41, 5.74) is 2.68. The molecule has 0 N–H and O–H groups in total. The Morgan fingerprint density at radius 2 is 2.10 bits per heavy atom. The lowest BCUT2D eigenvalue weighted by Gasteiger charge is -2.40. The Kier molecular flexibility index (Phi) is 4.43. The number of ether oxygens (including phenoxy) is 1. The van der Waals surface area contributed by atoms with Crippen LogP contribution in [0.25, 0.3) is 21.3 Å². The third-order valence-electron chi connectivity index (χ3n) is 6.41. The molecule has 6 rings (SSSR count). The number of rotatable bonds is 4. The van der Waals surface area contributed by atoms with Gasteiger partial charge in [0.15, 0.2) is 5.65 Å². The number of hydrogen-bond acceptors (Lipinski definition) is 7. The lowest BCUT2D eigenvalue weighted by atomic mass is 10.1. The average molecular weight is 435 g/mol. The molecule has 2 aliphatic heterocycles. The molecule has 2 fully saturated rings. The van der Waals surface area contributed by atoms with Crippen molar-refractivity contribution in [2.24, 2.45) is 0 Å². The molecule has 31 heavy (non-hydrogen) atoms. The molecule has 2 saturated heterocycles. The number of nitrogens with zero attached hydrogens (tertiary/aromatic N) is 4. The van der Waals surface area contributed by atoms with E-state index in [1.54, 1.807) is 13.1 Å². The first kappa shape index (κ1) is 18.8. The maximum Gasteiger partial charge on any atom is 0.281 e. The maximum absolute atomic E-state index is 11.8. The first-order chi connectivity index (χ1) is 15.1. The van der Waals surface area contributed by atoms with Crippen LogP contribution in [-0.4, -0.2) is 50.8 Å². The fraction of sp³-hybridized carbons (Fsp3) is 0.348. The number of amides is 1. The largest absolute Gasteiger partial charge is 0.464 e. The van der Waals surface area contributed by atoms with Crippen LogP contribution in [-0.2, 0) is 11.3 Å². The minimum Gasteiger partial charge on any atom is -0.464 e. The molecule has 8 heteroatoms. The van der Waals surface area contributed by atoms with Crippen LogP contribution in [0.4, 0.5) is 0 Å². The fourth-order valence-electron chi connectivity index (χ4n) is 4.85. The summed E-state index contributed by atoms with van der Waals surface area (Å²) in [6, 6.07) is 10.7. The summed E-state index contributed by atoms with van der Waals surface area (Å²) in [4.78, 5) is 25.0. The van der Waals surface area contributed by atoms with Gasteiger partial charge < -0.3 is 14.1 Å². The van der Waals surface area contributed by atoms with Gasteiger partial charge in [-0.2, -0.15) is 4.98 Å². The summed E-state index contributed by atoms with van der Waals surface area (Å²) >= 11 is 1.47. The second-order valence-electron chi connectivity index (χ2n) is 8.31. The predicted molar refractivity (Wildman–Crippen MR) is 118 cm³/mol. The van der Waals surface area contributed by atoms with Gasteiger partial charge in [-0.15, -0.1) is 0 Å². The topological polar surface area (TPSA) is 71.7 Å². The van der Waals surface area contributed by atoms with Crippen molar-refractivity contribution in [3.05, 3.63) is 48.4 Å². The second kappa shape index (κ2) is 7.32. The molecular weight excluding hydrogens is 412 g/mol. The minimum absolute atomic E-state index is 0.182. The zero-order chi connectivity index (χ0) is 20.9. The van der Waals surface area contributed by atoms with Gasteiger partial charge in [-0.05, 0) is 37.1 Å². The van der Waals surface area contributed by atoms with Crippen LogP contribution < -0.4 is 4.74 Å². The van der Waals surface area contributed by atoms with Gasteiger partial charge in [-0.1, -0.05) is 11.3 Å². The molecule has 2 bridgehead atoms. The van der Waals surface area contributed by atoms with Crippen LogP contribution >= 0.6 is 11.3 Å². The van der Waals surface area contributed by atoms with E-state index in [-0.39, 0.29) is 5.91 Å². The van der Waals surface area contributed by atoms with Crippen molar-refractivity contribution in [1.82, 2.24) is 19.8 Å². The lowest BCUT2D eigenvalue weighted by Crippen LogP contribution is -2.54. The van der Waals surface area contributed by atoms with E-state index in [1.165, 1.54) is 16.9 Å². The highest BCUT2D eigenvalue weighted by Crippen LogP contribution is 2.36. The Balaban J connectivity index is 1.21. The van der Waals surface area contributed by atoms with Crippen LogP contribution in [0.3, 0.4) is 0 Å². The maximum atomic E-state index is 11.8. The van der Waals surface area contributed by atoms with Gasteiger partial charge in [0.2, 0.25) is 5.91 Å². The van der Waals surface area contributed by atoms with Crippen LogP contribution in [0, 0.1) is 0 Å². The van der Waals surface area contributed by atoms with E-state index < -0.39 is 0 Å². The van der Waals surface area contributed by atoms with Crippen LogP contribution in [0.2, 0.25) is 0 Å². The second-order valence-corrected chi connectivity index (χ2v) is 9.30. The number of hydrogen-bond donors (Lipinski definition) is 0. The molecule has 7 nitrogen and oxygen atoms in total.